The van der Waals surface area contributed by atoms with Crippen molar-refractivity contribution in [3.05, 3.63) is 41.5 Å². The van der Waals surface area contributed by atoms with Crippen LogP contribution in [0.15, 0.2) is 30.3 Å². The first-order valence-electron chi connectivity index (χ1n) is 5.12. The van der Waals surface area contributed by atoms with E-state index in [9.17, 15) is 13.2 Å². The number of benzene rings is 1. The van der Waals surface area contributed by atoms with E-state index in [0.717, 1.165) is 30.8 Å². The molecule has 0 unspecified atom stereocenters. The third-order valence-electron chi connectivity index (χ3n) is 2.61. The Kier molecular flexibility index (Phi) is 3.01. The lowest BCUT2D eigenvalue weighted by atomic mass is 10.0. The summed E-state index contributed by atoms with van der Waals surface area (Å²) >= 11 is 0. The summed E-state index contributed by atoms with van der Waals surface area (Å²) in [5.41, 5.74) is 0.204. The van der Waals surface area contributed by atoms with Gasteiger partial charge in [0.25, 0.3) is 0 Å². The largest absolute Gasteiger partial charge is 0.416 e. The number of hydrogen-bond acceptors (Lipinski definition) is 1. The van der Waals surface area contributed by atoms with Crippen LogP contribution in [-0.2, 0) is 6.18 Å². The molecule has 1 nitrogen and oxygen atoms in total. The van der Waals surface area contributed by atoms with E-state index in [1.54, 1.807) is 0 Å². The van der Waals surface area contributed by atoms with Crippen LogP contribution in [0.5, 0.6) is 0 Å². The zero-order chi connectivity index (χ0) is 11.6. The van der Waals surface area contributed by atoms with E-state index in [0.29, 0.717) is 5.92 Å². The van der Waals surface area contributed by atoms with Gasteiger partial charge >= 0.3 is 6.18 Å². The fourth-order valence-corrected chi connectivity index (χ4v) is 1.48. The summed E-state index contributed by atoms with van der Waals surface area (Å²) in [6, 6.07) is 5.20. The van der Waals surface area contributed by atoms with Gasteiger partial charge in [-0.2, -0.15) is 13.2 Å². The van der Waals surface area contributed by atoms with E-state index in [4.69, 9.17) is 0 Å². The minimum absolute atomic E-state index is 0.516. The van der Waals surface area contributed by atoms with Crippen molar-refractivity contribution in [3.63, 3.8) is 0 Å². The lowest BCUT2D eigenvalue weighted by molar-refractivity contribution is -0.137. The zero-order valence-electron chi connectivity index (χ0n) is 8.59. The summed E-state index contributed by atoms with van der Waals surface area (Å²) in [7, 11) is 0. The topological polar surface area (TPSA) is 12.0 Å². The number of rotatable bonds is 2. The van der Waals surface area contributed by atoms with Crippen molar-refractivity contribution in [2.24, 2.45) is 5.92 Å². The lowest BCUT2D eigenvalue weighted by Gasteiger charge is -2.23. The number of hydrogen-bond donors (Lipinski definition) is 1. The van der Waals surface area contributed by atoms with Gasteiger partial charge in [-0.3, -0.25) is 0 Å². The molecule has 16 heavy (non-hydrogen) atoms. The first kappa shape index (κ1) is 11.2. The Morgan fingerprint density at radius 2 is 1.75 bits per heavy atom. The first-order chi connectivity index (χ1) is 7.55. The molecule has 86 valence electrons. The fraction of sp³-hybridized carbons (Fsp3) is 0.333. The molecular weight excluding hydrogens is 215 g/mol. The van der Waals surface area contributed by atoms with Gasteiger partial charge in [-0.05, 0) is 17.7 Å². The van der Waals surface area contributed by atoms with Crippen LogP contribution in [0.3, 0.4) is 0 Å². The molecule has 0 spiro atoms. The van der Waals surface area contributed by atoms with E-state index in [2.05, 4.69) is 5.32 Å². The Balaban J connectivity index is 2.04. The highest BCUT2D eigenvalue weighted by atomic mass is 19.4. The minimum atomic E-state index is -4.25. The highest BCUT2D eigenvalue weighted by Crippen LogP contribution is 2.29. The van der Waals surface area contributed by atoms with E-state index < -0.39 is 11.7 Å². The Morgan fingerprint density at radius 1 is 1.12 bits per heavy atom. The second-order valence-corrected chi connectivity index (χ2v) is 3.90. The first-order valence-corrected chi connectivity index (χ1v) is 5.12. The van der Waals surface area contributed by atoms with Gasteiger partial charge in [-0.25, -0.2) is 0 Å². The van der Waals surface area contributed by atoms with Gasteiger partial charge in [0.15, 0.2) is 0 Å². The summed E-state index contributed by atoms with van der Waals surface area (Å²) in [4.78, 5) is 0. The van der Waals surface area contributed by atoms with Gasteiger partial charge in [-0.15, -0.1) is 0 Å². The molecule has 1 heterocycles. The molecule has 1 aromatic carbocycles. The molecule has 0 bridgehead atoms. The standard InChI is InChI=1S/C12H12F3N/c13-12(14,15)11-5-3-9(4-6-11)1-2-10-7-16-8-10/h1-6,10,16H,7-8H2/b2-1+. The third kappa shape index (κ3) is 2.64. The molecular formula is C12H12F3N. The van der Waals surface area contributed by atoms with E-state index >= 15 is 0 Å². The Labute approximate surface area is 92.0 Å². The molecule has 2 rings (SSSR count). The van der Waals surface area contributed by atoms with Crippen LogP contribution in [0, 0.1) is 5.92 Å². The molecule has 1 fully saturated rings. The highest BCUT2D eigenvalue weighted by molar-refractivity contribution is 5.50. The normalized spacial score (nSPS) is 17.7. The van der Waals surface area contributed by atoms with Gasteiger partial charge in [-0.1, -0.05) is 24.3 Å². The quantitative estimate of drug-likeness (QED) is 0.819. The predicted octanol–water partition coefficient (Wildman–Crippen LogP) is 2.94. The van der Waals surface area contributed by atoms with Gasteiger partial charge in [0.1, 0.15) is 0 Å². The monoisotopic (exact) mass is 227 g/mol. The van der Waals surface area contributed by atoms with Crippen molar-refractivity contribution in [2.75, 3.05) is 13.1 Å². The average Bonchev–Trinajstić information content (AvgIpc) is 2.15. The van der Waals surface area contributed by atoms with Crippen LogP contribution in [0.2, 0.25) is 0 Å². The maximum absolute atomic E-state index is 12.3. The Morgan fingerprint density at radius 3 is 2.19 bits per heavy atom. The van der Waals surface area contributed by atoms with Crippen LogP contribution in [-0.4, -0.2) is 13.1 Å². The van der Waals surface area contributed by atoms with Crippen molar-refractivity contribution in [3.8, 4) is 0 Å². The van der Waals surface area contributed by atoms with Crippen molar-refractivity contribution < 1.29 is 13.2 Å². The lowest BCUT2D eigenvalue weighted by Crippen LogP contribution is -2.40. The SMILES string of the molecule is FC(F)(F)c1ccc(/C=C/C2CNC2)cc1. The second kappa shape index (κ2) is 4.29. The number of alkyl halides is 3. The molecule has 0 aliphatic carbocycles. The van der Waals surface area contributed by atoms with E-state index in [1.807, 2.05) is 12.2 Å². The second-order valence-electron chi connectivity index (χ2n) is 3.90. The van der Waals surface area contributed by atoms with Crippen molar-refractivity contribution in [2.45, 2.75) is 6.18 Å². The summed E-state index contributed by atoms with van der Waals surface area (Å²) < 4.78 is 36.8. The predicted molar refractivity (Wildman–Crippen MR) is 56.8 cm³/mol. The number of halogens is 3. The average molecular weight is 227 g/mol. The van der Waals surface area contributed by atoms with Gasteiger partial charge in [0.05, 0.1) is 5.56 Å². The highest BCUT2D eigenvalue weighted by Gasteiger charge is 2.29. The van der Waals surface area contributed by atoms with E-state index in [-0.39, 0.29) is 0 Å². The van der Waals surface area contributed by atoms with Crippen LogP contribution in [0.1, 0.15) is 11.1 Å². The van der Waals surface area contributed by atoms with Crippen LogP contribution in [0.4, 0.5) is 13.2 Å². The number of nitrogens with one attached hydrogen (secondary N) is 1. The van der Waals surface area contributed by atoms with Crippen molar-refractivity contribution >= 4 is 6.08 Å². The van der Waals surface area contributed by atoms with E-state index in [1.165, 1.54) is 12.1 Å². The smallest absolute Gasteiger partial charge is 0.315 e. The Hall–Kier alpha value is -1.29. The molecule has 1 saturated heterocycles. The molecule has 0 radical (unpaired) electrons. The minimum Gasteiger partial charge on any atom is -0.315 e. The summed E-state index contributed by atoms with van der Waals surface area (Å²) in [5, 5.41) is 3.13. The molecule has 1 aliphatic heterocycles. The maximum atomic E-state index is 12.3. The third-order valence-corrected chi connectivity index (χ3v) is 2.61. The molecule has 1 N–H and O–H groups in total. The van der Waals surface area contributed by atoms with Gasteiger partial charge < -0.3 is 5.32 Å². The van der Waals surface area contributed by atoms with Gasteiger partial charge in [0.2, 0.25) is 0 Å². The van der Waals surface area contributed by atoms with Crippen LogP contribution >= 0.6 is 0 Å². The maximum Gasteiger partial charge on any atom is 0.416 e. The Bertz CT molecular complexity index is 374. The molecule has 0 saturated carbocycles. The van der Waals surface area contributed by atoms with Crippen molar-refractivity contribution in [1.29, 1.82) is 0 Å². The fourth-order valence-electron chi connectivity index (χ4n) is 1.48. The molecule has 1 aromatic rings. The van der Waals surface area contributed by atoms with Gasteiger partial charge in [0, 0.05) is 19.0 Å². The molecule has 0 aromatic heterocycles. The molecule has 0 atom stereocenters. The zero-order valence-corrected chi connectivity index (χ0v) is 8.59. The van der Waals surface area contributed by atoms with Crippen LogP contribution in [0.25, 0.3) is 6.08 Å². The summed E-state index contributed by atoms with van der Waals surface area (Å²) in [6.07, 6.45) is -0.356. The summed E-state index contributed by atoms with van der Waals surface area (Å²) in [6.45, 7) is 1.91. The summed E-state index contributed by atoms with van der Waals surface area (Å²) in [5.74, 6) is 0.516. The molecule has 0 amide bonds. The van der Waals surface area contributed by atoms with Crippen LogP contribution < -0.4 is 5.32 Å². The van der Waals surface area contributed by atoms with Crippen molar-refractivity contribution in [1.82, 2.24) is 5.32 Å². The molecule has 1 aliphatic rings. The molecule has 4 heteroatoms.